The molecule has 2 aliphatic rings. The van der Waals surface area contributed by atoms with Crippen molar-refractivity contribution >= 4 is 17.9 Å². The largest absolute Gasteiger partial charge is 0.347 e. The van der Waals surface area contributed by atoms with Gasteiger partial charge in [-0.3, -0.25) is 15.6 Å². The van der Waals surface area contributed by atoms with Crippen molar-refractivity contribution in [3.63, 3.8) is 0 Å². The molecule has 0 spiro atoms. The number of amidine groups is 1. The first-order valence-corrected chi connectivity index (χ1v) is 3.77. The van der Waals surface area contributed by atoms with Crippen molar-refractivity contribution in [2.45, 2.75) is 13.2 Å². The molecule has 0 aliphatic carbocycles. The molecule has 0 saturated carbocycles. The predicted molar refractivity (Wildman–Crippen MR) is 43.6 cm³/mol. The zero-order chi connectivity index (χ0) is 9.59. The Morgan fingerprint density at radius 2 is 2.08 bits per heavy atom. The lowest BCUT2D eigenvalue weighted by molar-refractivity contribution is 0.0813. The molecule has 1 saturated heterocycles. The van der Waals surface area contributed by atoms with E-state index in [2.05, 4.69) is 15.7 Å². The quantitative estimate of drug-likeness (QED) is 0.520. The van der Waals surface area contributed by atoms with Crippen LogP contribution < -0.4 is 10.7 Å². The molecule has 4 amide bonds. The molecular formula is C6H9N5O2. The molecule has 1 fully saturated rings. The third-order valence-electron chi connectivity index (χ3n) is 1.92. The number of carbonyl (C=O) groups excluding carboxylic acids is 2. The lowest BCUT2D eigenvalue weighted by Gasteiger charge is -2.34. The van der Waals surface area contributed by atoms with Crippen molar-refractivity contribution in [1.82, 2.24) is 20.7 Å². The molecule has 2 rings (SSSR count). The van der Waals surface area contributed by atoms with Crippen molar-refractivity contribution in [2.75, 3.05) is 7.05 Å². The fraction of sp³-hybridized carbons (Fsp3) is 0.500. The molecular weight excluding hydrogens is 174 g/mol. The highest BCUT2D eigenvalue weighted by Gasteiger charge is 2.39. The van der Waals surface area contributed by atoms with Crippen LogP contribution in [0, 0.1) is 0 Å². The van der Waals surface area contributed by atoms with E-state index in [-0.39, 0.29) is 0 Å². The highest BCUT2D eigenvalue weighted by molar-refractivity contribution is 5.98. The molecule has 0 aromatic carbocycles. The molecule has 1 atom stereocenters. The number of carbonyl (C=O) groups is 2. The monoisotopic (exact) mass is 183 g/mol. The summed E-state index contributed by atoms with van der Waals surface area (Å²) in [4.78, 5) is 27.7. The van der Waals surface area contributed by atoms with Crippen molar-refractivity contribution in [2.24, 2.45) is 4.99 Å². The first kappa shape index (κ1) is 7.84. The van der Waals surface area contributed by atoms with Crippen LogP contribution in [0.25, 0.3) is 0 Å². The first-order valence-electron chi connectivity index (χ1n) is 3.77. The second-order valence-corrected chi connectivity index (χ2v) is 2.89. The highest BCUT2D eigenvalue weighted by Crippen LogP contribution is 2.13. The van der Waals surface area contributed by atoms with Gasteiger partial charge in [0.2, 0.25) is 6.29 Å². The third-order valence-corrected chi connectivity index (χ3v) is 1.92. The third kappa shape index (κ3) is 1.00. The number of hydrogen-bond acceptors (Lipinski definition) is 4. The van der Waals surface area contributed by atoms with Crippen molar-refractivity contribution in [3.05, 3.63) is 0 Å². The standard InChI is InChI=1S/C6H9N5O2/c1-3-7-4-10(2)5(12)8-6(13)11(4)9-3/h4H,1-2H3,(H,7,9)(H,8,12,13). The number of aliphatic imine (C=N–C) groups is 1. The number of imide groups is 1. The fourth-order valence-electron chi connectivity index (χ4n) is 1.25. The van der Waals surface area contributed by atoms with Gasteiger partial charge in [-0.15, -0.1) is 0 Å². The first-order chi connectivity index (χ1) is 6.09. The van der Waals surface area contributed by atoms with Gasteiger partial charge in [0.05, 0.1) is 0 Å². The molecule has 2 aliphatic heterocycles. The van der Waals surface area contributed by atoms with Crippen LogP contribution in [0.3, 0.4) is 0 Å². The summed E-state index contributed by atoms with van der Waals surface area (Å²) in [6.45, 7) is 1.73. The maximum Gasteiger partial charge on any atom is 0.347 e. The van der Waals surface area contributed by atoms with E-state index < -0.39 is 18.4 Å². The van der Waals surface area contributed by atoms with Crippen LogP contribution in [-0.2, 0) is 0 Å². The van der Waals surface area contributed by atoms with Crippen molar-refractivity contribution < 1.29 is 9.59 Å². The molecule has 2 heterocycles. The molecule has 0 aromatic heterocycles. The molecule has 7 nitrogen and oxygen atoms in total. The van der Waals surface area contributed by atoms with Gasteiger partial charge in [-0.05, 0) is 6.92 Å². The Morgan fingerprint density at radius 3 is 2.77 bits per heavy atom. The molecule has 1 unspecified atom stereocenters. The smallest absolute Gasteiger partial charge is 0.286 e. The van der Waals surface area contributed by atoms with Gasteiger partial charge in [0.1, 0.15) is 5.84 Å². The summed E-state index contributed by atoms with van der Waals surface area (Å²) in [5.74, 6) is 0.613. The number of nitrogens with zero attached hydrogens (tertiary/aromatic N) is 3. The average Bonchev–Trinajstić information content (AvgIpc) is 2.44. The Kier molecular flexibility index (Phi) is 1.42. The SMILES string of the molecule is CC1=NC2N(C)C(=O)NC(=O)N2N1. The molecule has 2 N–H and O–H groups in total. The lowest BCUT2D eigenvalue weighted by Crippen LogP contribution is -2.64. The fourth-order valence-corrected chi connectivity index (χ4v) is 1.25. The Labute approximate surface area is 74.4 Å². The van der Waals surface area contributed by atoms with Crippen LogP contribution in [0.15, 0.2) is 4.99 Å². The minimum Gasteiger partial charge on any atom is -0.286 e. The summed E-state index contributed by atoms with van der Waals surface area (Å²) in [5, 5.41) is 3.42. The Balaban J connectivity index is 2.29. The van der Waals surface area contributed by atoms with Gasteiger partial charge >= 0.3 is 12.1 Å². The van der Waals surface area contributed by atoms with E-state index in [1.165, 1.54) is 9.91 Å². The van der Waals surface area contributed by atoms with Crippen molar-refractivity contribution in [3.8, 4) is 0 Å². The van der Waals surface area contributed by atoms with Gasteiger partial charge in [-0.2, -0.15) is 5.01 Å². The van der Waals surface area contributed by atoms with E-state index >= 15 is 0 Å². The zero-order valence-electron chi connectivity index (χ0n) is 7.24. The van der Waals surface area contributed by atoms with Crippen molar-refractivity contribution in [1.29, 1.82) is 0 Å². The summed E-state index contributed by atoms with van der Waals surface area (Å²) < 4.78 is 0. The van der Waals surface area contributed by atoms with Crippen LogP contribution in [0.2, 0.25) is 0 Å². The lowest BCUT2D eigenvalue weighted by atomic mass is 10.5. The second kappa shape index (κ2) is 2.35. The van der Waals surface area contributed by atoms with E-state index in [4.69, 9.17) is 0 Å². The van der Waals surface area contributed by atoms with Crippen LogP contribution in [0.1, 0.15) is 6.92 Å². The van der Waals surface area contributed by atoms with Gasteiger partial charge in [-0.1, -0.05) is 0 Å². The van der Waals surface area contributed by atoms with E-state index in [0.717, 1.165) is 0 Å². The number of hydrazine groups is 1. The average molecular weight is 183 g/mol. The molecule has 0 radical (unpaired) electrons. The number of hydrogen-bond donors (Lipinski definition) is 2. The van der Waals surface area contributed by atoms with Crippen LogP contribution >= 0.6 is 0 Å². The highest BCUT2D eigenvalue weighted by atomic mass is 16.2. The zero-order valence-corrected chi connectivity index (χ0v) is 7.24. The number of fused-ring (bicyclic) bond motifs is 1. The summed E-state index contributed by atoms with van der Waals surface area (Å²) in [5.41, 5.74) is 2.73. The van der Waals surface area contributed by atoms with E-state index in [0.29, 0.717) is 5.84 Å². The number of rotatable bonds is 0. The summed E-state index contributed by atoms with van der Waals surface area (Å²) in [6.07, 6.45) is -0.554. The summed E-state index contributed by atoms with van der Waals surface area (Å²) in [7, 11) is 1.57. The summed E-state index contributed by atoms with van der Waals surface area (Å²) >= 11 is 0. The Hall–Kier alpha value is -1.79. The van der Waals surface area contributed by atoms with E-state index in [1.54, 1.807) is 14.0 Å². The number of amides is 4. The van der Waals surface area contributed by atoms with E-state index in [1.807, 2.05) is 0 Å². The van der Waals surface area contributed by atoms with Gasteiger partial charge in [0.25, 0.3) is 0 Å². The van der Waals surface area contributed by atoms with Gasteiger partial charge in [0, 0.05) is 7.05 Å². The Morgan fingerprint density at radius 1 is 1.38 bits per heavy atom. The Bertz CT molecular complexity index is 312. The molecule has 0 aromatic rings. The second-order valence-electron chi connectivity index (χ2n) is 2.89. The van der Waals surface area contributed by atoms with Gasteiger partial charge in [0.15, 0.2) is 0 Å². The van der Waals surface area contributed by atoms with Crippen LogP contribution in [0.4, 0.5) is 9.59 Å². The topological polar surface area (TPSA) is 77.0 Å². The predicted octanol–water partition coefficient (Wildman–Crippen LogP) is -0.716. The minimum absolute atomic E-state index is 0.438. The maximum absolute atomic E-state index is 11.2. The van der Waals surface area contributed by atoms with Crippen LogP contribution in [0.5, 0.6) is 0 Å². The molecule has 70 valence electrons. The van der Waals surface area contributed by atoms with Gasteiger partial charge < -0.3 is 0 Å². The van der Waals surface area contributed by atoms with Gasteiger partial charge in [-0.25, -0.2) is 14.6 Å². The van der Waals surface area contributed by atoms with E-state index in [9.17, 15) is 9.59 Å². The molecule has 7 heteroatoms. The maximum atomic E-state index is 11.2. The van der Waals surface area contributed by atoms with Crippen LogP contribution in [-0.4, -0.2) is 41.1 Å². The normalized spacial score (nSPS) is 26.6. The molecule has 0 bridgehead atoms. The number of urea groups is 2. The summed E-state index contributed by atoms with van der Waals surface area (Å²) in [6, 6.07) is -0.916. The number of nitrogens with one attached hydrogen (secondary N) is 2. The molecule has 13 heavy (non-hydrogen) atoms. The minimum atomic E-state index is -0.554.